The van der Waals surface area contributed by atoms with Gasteiger partial charge in [-0.05, 0) is 18.2 Å². The van der Waals surface area contributed by atoms with Crippen molar-refractivity contribution in [2.24, 2.45) is 0 Å². The van der Waals surface area contributed by atoms with Crippen molar-refractivity contribution in [1.82, 2.24) is 0 Å². The van der Waals surface area contributed by atoms with E-state index < -0.39 is 27.4 Å². The Balaban J connectivity index is 3.12. The molecule has 0 aliphatic heterocycles. The van der Waals surface area contributed by atoms with Crippen LogP contribution in [0.15, 0.2) is 27.6 Å². The van der Waals surface area contributed by atoms with Gasteiger partial charge in [-0.25, -0.2) is 12.8 Å². The van der Waals surface area contributed by atoms with Crippen molar-refractivity contribution in [3.8, 4) is 0 Å². The van der Waals surface area contributed by atoms with Gasteiger partial charge in [0.1, 0.15) is 5.82 Å². The topological polar surface area (TPSA) is 60.4 Å². The standard InChI is InChI=1S/C9H8BrFO4S/c1-15-9(12)5-16(13,14)8-3-6(10)2-7(11)4-8/h2-4H,5H2,1H3. The quantitative estimate of drug-likeness (QED) is 0.795. The Morgan fingerprint density at radius 3 is 2.56 bits per heavy atom. The number of rotatable bonds is 3. The summed E-state index contributed by atoms with van der Waals surface area (Å²) >= 11 is 2.97. The van der Waals surface area contributed by atoms with Crippen LogP contribution in [0.25, 0.3) is 0 Å². The summed E-state index contributed by atoms with van der Waals surface area (Å²) in [5.74, 6) is -2.39. The summed E-state index contributed by atoms with van der Waals surface area (Å²) < 4.78 is 40.7. The van der Waals surface area contributed by atoms with Crippen molar-refractivity contribution in [2.45, 2.75) is 4.90 Å². The van der Waals surface area contributed by atoms with Gasteiger partial charge in [0.25, 0.3) is 0 Å². The van der Waals surface area contributed by atoms with Crippen molar-refractivity contribution in [2.75, 3.05) is 12.9 Å². The first-order valence-corrected chi connectivity index (χ1v) is 6.55. The average Bonchev–Trinajstić information content (AvgIpc) is 2.15. The minimum absolute atomic E-state index is 0.259. The van der Waals surface area contributed by atoms with Crippen LogP contribution in [-0.4, -0.2) is 27.2 Å². The highest BCUT2D eigenvalue weighted by Crippen LogP contribution is 2.19. The number of halogens is 2. The normalized spacial score (nSPS) is 11.2. The zero-order chi connectivity index (χ0) is 12.3. The molecule has 0 N–H and O–H groups in total. The second-order valence-corrected chi connectivity index (χ2v) is 5.85. The highest BCUT2D eigenvalue weighted by Gasteiger charge is 2.20. The molecule has 0 unspecified atom stereocenters. The van der Waals surface area contributed by atoms with Crippen LogP contribution in [0, 0.1) is 5.82 Å². The van der Waals surface area contributed by atoms with Crippen LogP contribution in [0.1, 0.15) is 0 Å². The molecule has 0 aromatic heterocycles. The lowest BCUT2D eigenvalue weighted by Gasteiger charge is -2.04. The van der Waals surface area contributed by atoms with Crippen LogP contribution in [0.5, 0.6) is 0 Å². The number of sulfone groups is 1. The van der Waals surface area contributed by atoms with Crippen LogP contribution in [0.3, 0.4) is 0 Å². The number of hydrogen-bond donors (Lipinski definition) is 0. The number of carbonyl (C=O) groups excluding carboxylic acids is 1. The molecule has 0 amide bonds. The lowest BCUT2D eigenvalue weighted by Crippen LogP contribution is -2.17. The van der Waals surface area contributed by atoms with Crippen molar-refractivity contribution >= 4 is 31.7 Å². The van der Waals surface area contributed by atoms with Gasteiger partial charge in [-0.2, -0.15) is 0 Å². The van der Waals surface area contributed by atoms with Gasteiger partial charge < -0.3 is 4.74 Å². The molecule has 4 nitrogen and oxygen atoms in total. The molecule has 0 fully saturated rings. The third-order valence-corrected chi connectivity index (χ3v) is 3.76. The summed E-state index contributed by atoms with van der Waals surface area (Å²) in [5, 5.41) is 0. The van der Waals surface area contributed by atoms with Gasteiger partial charge in [0.05, 0.1) is 12.0 Å². The van der Waals surface area contributed by atoms with Gasteiger partial charge in [0, 0.05) is 4.47 Å². The fraction of sp³-hybridized carbons (Fsp3) is 0.222. The van der Waals surface area contributed by atoms with E-state index in [2.05, 4.69) is 20.7 Å². The van der Waals surface area contributed by atoms with E-state index >= 15 is 0 Å². The van der Waals surface area contributed by atoms with E-state index in [0.29, 0.717) is 0 Å². The molecular weight excluding hydrogens is 303 g/mol. The van der Waals surface area contributed by atoms with Gasteiger partial charge in [0.15, 0.2) is 15.6 Å². The summed E-state index contributed by atoms with van der Waals surface area (Å²) in [5.41, 5.74) is 0. The first-order chi connectivity index (χ1) is 7.35. The summed E-state index contributed by atoms with van der Waals surface area (Å²) in [6.45, 7) is 0. The zero-order valence-electron chi connectivity index (χ0n) is 8.24. The molecule has 0 aliphatic carbocycles. The van der Waals surface area contributed by atoms with E-state index in [-0.39, 0.29) is 9.37 Å². The predicted octanol–water partition coefficient (Wildman–Crippen LogP) is 1.53. The molecule has 1 rings (SSSR count). The second kappa shape index (κ2) is 4.92. The van der Waals surface area contributed by atoms with Gasteiger partial charge in [-0.15, -0.1) is 0 Å². The smallest absolute Gasteiger partial charge is 0.321 e. The zero-order valence-corrected chi connectivity index (χ0v) is 10.6. The Bertz CT molecular complexity index is 492. The van der Waals surface area contributed by atoms with Crippen LogP contribution in [0.4, 0.5) is 4.39 Å². The number of methoxy groups -OCH3 is 1. The monoisotopic (exact) mass is 310 g/mol. The summed E-state index contributed by atoms with van der Waals surface area (Å²) in [4.78, 5) is 10.6. The molecule has 0 heterocycles. The molecule has 88 valence electrons. The minimum atomic E-state index is -3.86. The largest absolute Gasteiger partial charge is 0.468 e. The maximum atomic E-state index is 13.0. The number of esters is 1. The van der Waals surface area contributed by atoms with E-state index in [0.717, 1.165) is 19.2 Å². The molecule has 0 spiro atoms. The first kappa shape index (κ1) is 13.1. The van der Waals surface area contributed by atoms with Crippen molar-refractivity contribution in [3.63, 3.8) is 0 Å². The number of hydrogen-bond acceptors (Lipinski definition) is 4. The lowest BCUT2D eigenvalue weighted by atomic mass is 10.3. The van der Waals surface area contributed by atoms with Gasteiger partial charge in [-0.3, -0.25) is 4.79 Å². The molecule has 0 bridgehead atoms. The fourth-order valence-corrected chi connectivity index (χ4v) is 2.82. The van der Waals surface area contributed by atoms with E-state index in [9.17, 15) is 17.6 Å². The van der Waals surface area contributed by atoms with Crippen LogP contribution < -0.4 is 0 Å². The molecule has 16 heavy (non-hydrogen) atoms. The molecule has 0 atom stereocenters. The van der Waals surface area contributed by atoms with Crippen LogP contribution >= 0.6 is 15.9 Å². The molecular formula is C9H8BrFO4S. The molecule has 0 aliphatic rings. The predicted molar refractivity (Wildman–Crippen MR) is 58.2 cm³/mol. The Hall–Kier alpha value is -0.950. The first-order valence-electron chi connectivity index (χ1n) is 4.11. The van der Waals surface area contributed by atoms with Gasteiger partial charge in [0.2, 0.25) is 0 Å². The summed E-state index contributed by atoms with van der Waals surface area (Å²) in [6, 6.07) is 3.20. The Morgan fingerprint density at radius 2 is 2.06 bits per heavy atom. The number of ether oxygens (including phenoxy) is 1. The van der Waals surface area contributed by atoms with E-state index in [1.54, 1.807) is 0 Å². The van der Waals surface area contributed by atoms with Crippen LogP contribution in [0.2, 0.25) is 0 Å². The van der Waals surface area contributed by atoms with Crippen molar-refractivity contribution < 1.29 is 22.3 Å². The van der Waals surface area contributed by atoms with E-state index in [1.807, 2.05) is 0 Å². The average molecular weight is 311 g/mol. The SMILES string of the molecule is COC(=O)CS(=O)(=O)c1cc(F)cc(Br)c1. The molecule has 0 saturated carbocycles. The Labute approximate surface area is 100 Å². The third kappa shape index (κ3) is 3.28. The maximum Gasteiger partial charge on any atom is 0.321 e. The van der Waals surface area contributed by atoms with Gasteiger partial charge in [-0.1, -0.05) is 15.9 Å². The fourth-order valence-electron chi connectivity index (χ4n) is 1.01. The maximum absolute atomic E-state index is 13.0. The second-order valence-electron chi connectivity index (χ2n) is 2.94. The molecule has 1 aromatic rings. The van der Waals surface area contributed by atoms with Gasteiger partial charge >= 0.3 is 5.97 Å². The van der Waals surface area contributed by atoms with E-state index in [1.165, 1.54) is 6.07 Å². The van der Waals surface area contributed by atoms with E-state index in [4.69, 9.17) is 0 Å². The minimum Gasteiger partial charge on any atom is -0.468 e. The number of carbonyl (C=O) groups is 1. The molecule has 0 saturated heterocycles. The summed E-state index contributed by atoms with van der Waals surface area (Å²) in [6.07, 6.45) is 0. The lowest BCUT2D eigenvalue weighted by molar-refractivity contribution is -0.137. The summed E-state index contributed by atoms with van der Waals surface area (Å²) in [7, 11) is -2.78. The van der Waals surface area contributed by atoms with Crippen molar-refractivity contribution in [3.05, 3.63) is 28.5 Å². The highest BCUT2D eigenvalue weighted by molar-refractivity contribution is 9.10. The molecule has 1 aromatic carbocycles. The highest BCUT2D eigenvalue weighted by atomic mass is 79.9. The Kier molecular flexibility index (Phi) is 4.03. The van der Waals surface area contributed by atoms with Crippen LogP contribution in [-0.2, 0) is 19.4 Å². The number of benzene rings is 1. The van der Waals surface area contributed by atoms with Crippen molar-refractivity contribution in [1.29, 1.82) is 0 Å². The Morgan fingerprint density at radius 1 is 1.44 bits per heavy atom. The molecule has 0 radical (unpaired) electrons. The third-order valence-electron chi connectivity index (χ3n) is 1.73. The molecule has 7 heteroatoms.